The summed E-state index contributed by atoms with van der Waals surface area (Å²) in [5.41, 5.74) is 0. The Bertz CT molecular complexity index is 348. The first-order chi connectivity index (χ1) is 8.75. The van der Waals surface area contributed by atoms with Crippen LogP contribution >= 0.6 is 23.1 Å². The van der Waals surface area contributed by atoms with Gasteiger partial charge in [-0.05, 0) is 25.8 Å². The molecule has 1 aromatic rings. The van der Waals surface area contributed by atoms with Crippen molar-refractivity contribution in [3.8, 4) is 0 Å². The fourth-order valence-corrected chi connectivity index (χ4v) is 3.88. The number of aromatic nitrogens is 2. The van der Waals surface area contributed by atoms with Crippen molar-refractivity contribution in [2.45, 2.75) is 42.5 Å². The molecule has 0 aliphatic heterocycles. The van der Waals surface area contributed by atoms with Crippen molar-refractivity contribution in [3.05, 3.63) is 0 Å². The van der Waals surface area contributed by atoms with E-state index >= 15 is 0 Å². The van der Waals surface area contributed by atoms with Gasteiger partial charge in [0.1, 0.15) is 0 Å². The van der Waals surface area contributed by atoms with Crippen LogP contribution < -0.4 is 10.2 Å². The van der Waals surface area contributed by atoms with Gasteiger partial charge in [0.2, 0.25) is 5.13 Å². The van der Waals surface area contributed by atoms with Gasteiger partial charge in [0.05, 0.1) is 0 Å². The van der Waals surface area contributed by atoms with E-state index in [0.717, 1.165) is 27.8 Å². The fourth-order valence-electron chi connectivity index (χ4n) is 2.11. The van der Waals surface area contributed by atoms with Gasteiger partial charge in [-0.3, -0.25) is 0 Å². The predicted molar refractivity (Wildman–Crippen MR) is 79.8 cm³/mol. The largest absolute Gasteiger partial charge is 0.353 e. The topological polar surface area (TPSA) is 41.1 Å². The molecule has 6 heteroatoms. The first-order valence-corrected chi connectivity index (χ1v) is 8.43. The lowest BCUT2D eigenvalue weighted by molar-refractivity contribution is 0.525. The molecule has 0 unspecified atom stereocenters. The monoisotopic (exact) mass is 286 g/mol. The van der Waals surface area contributed by atoms with Gasteiger partial charge in [-0.1, -0.05) is 35.9 Å². The third kappa shape index (κ3) is 4.40. The lowest BCUT2D eigenvalue weighted by Crippen LogP contribution is -2.27. The Labute approximate surface area is 118 Å². The first-order valence-electron chi connectivity index (χ1n) is 6.63. The van der Waals surface area contributed by atoms with Crippen molar-refractivity contribution in [1.82, 2.24) is 15.5 Å². The number of hydrogen-bond acceptors (Lipinski definition) is 6. The third-order valence-corrected chi connectivity index (χ3v) is 5.42. The molecule has 0 aromatic carbocycles. The second-order valence-electron chi connectivity index (χ2n) is 4.88. The zero-order chi connectivity index (χ0) is 12.8. The van der Waals surface area contributed by atoms with Gasteiger partial charge in [-0.2, -0.15) is 0 Å². The van der Waals surface area contributed by atoms with E-state index in [1.165, 1.54) is 32.1 Å². The van der Waals surface area contributed by atoms with Crippen LogP contribution in [0, 0.1) is 0 Å². The summed E-state index contributed by atoms with van der Waals surface area (Å²) in [6, 6.07) is 0.789. The lowest BCUT2D eigenvalue weighted by Gasteiger charge is -2.10. The molecule has 102 valence electrons. The molecule has 1 aliphatic carbocycles. The minimum absolute atomic E-state index is 0.789. The maximum atomic E-state index is 4.18. The van der Waals surface area contributed by atoms with Gasteiger partial charge in [0, 0.05) is 25.9 Å². The molecule has 2 rings (SSSR count). The van der Waals surface area contributed by atoms with Gasteiger partial charge in [0.25, 0.3) is 0 Å². The second kappa shape index (κ2) is 7.31. The molecule has 18 heavy (non-hydrogen) atoms. The predicted octanol–water partition coefficient (Wildman–Crippen LogP) is 2.62. The van der Waals surface area contributed by atoms with E-state index in [1.54, 1.807) is 11.3 Å². The van der Waals surface area contributed by atoms with Crippen molar-refractivity contribution in [3.63, 3.8) is 0 Å². The molecule has 1 aromatic heterocycles. The van der Waals surface area contributed by atoms with E-state index in [4.69, 9.17) is 0 Å². The Morgan fingerprint density at radius 1 is 1.33 bits per heavy atom. The highest BCUT2D eigenvalue weighted by Gasteiger charge is 2.13. The molecule has 4 nitrogen and oxygen atoms in total. The summed E-state index contributed by atoms with van der Waals surface area (Å²) >= 11 is 3.49. The zero-order valence-corrected chi connectivity index (χ0v) is 12.8. The molecule has 0 bridgehead atoms. The molecule has 1 saturated carbocycles. The molecular weight excluding hydrogens is 264 g/mol. The molecule has 1 aliphatic rings. The van der Waals surface area contributed by atoms with Crippen LogP contribution in [0.2, 0.25) is 0 Å². The van der Waals surface area contributed by atoms with Gasteiger partial charge in [-0.25, -0.2) is 0 Å². The van der Waals surface area contributed by atoms with Crippen molar-refractivity contribution in [2.75, 3.05) is 31.3 Å². The van der Waals surface area contributed by atoms with E-state index in [2.05, 4.69) is 15.5 Å². The van der Waals surface area contributed by atoms with E-state index in [1.807, 2.05) is 30.8 Å². The normalized spacial score (nSPS) is 16.3. The number of anilines is 1. The Hall–Kier alpha value is -0.330. The van der Waals surface area contributed by atoms with Crippen LogP contribution in [0.15, 0.2) is 4.34 Å². The summed E-state index contributed by atoms with van der Waals surface area (Å²) in [4.78, 5) is 2.00. The summed E-state index contributed by atoms with van der Waals surface area (Å²) in [5.74, 6) is 1.13. The molecule has 0 saturated heterocycles. The Morgan fingerprint density at radius 3 is 2.78 bits per heavy atom. The van der Waals surface area contributed by atoms with Crippen LogP contribution in [-0.2, 0) is 0 Å². The number of hydrogen-bond donors (Lipinski definition) is 1. The molecular formula is C12H22N4S2. The van der Waals surface area contributed by atoms with E-state index < -0.39 is 0 Å². The highest BCUT2D eigenvalue weighted by atomic mass is 32.2. The highest BCUT2D eigenvalue weighted by molar-refractivity contribution is 8.01. The van der Waals surface area contributed by atoms with Crippen molar-refractivity contribution in [2.24, 2.45) is 0 Å². The van der Waals surface area contributed by atoms with Crippen LogP contribution in [0.25, 0.3) is 0 Å². The summed E-state index contributed by atoms with van der Waals surface area (Å²) in [6.45, 7) is 1.14. The lowest BCUT2D eigenvalue weighted by atomic mass is 10.2. The van der Waals surface area contributed by atoms with Crippen LogP contribution in [0.1, 0.15) is 32.1 Å². The van der Waals surface area contributed by atoms with Crippen LogP contribution in [0.5, 0.6) is 0 Å². The Kier molecular flexibility index (Phi) is 5.72. The van der Waals surface area contributed by atoms with Crippen molar-refractivity contribution >= 4 is 28.2 Å². The average molecular weight is 286 g/mol. The van der Waals surface area contributed by atoms with Gasteiger partial charge in [0.15, 0.2) is 4.34 Å². The number of rotatable bonds is 7. The van der Waals surface area contributed by atoms with E-state index in [0.29, 0.717) is 0 Å². The minimum atomic E-state index is 0.789. The van der Waals surface area contributed by atoms with Crippen LogP contribution in [0.3, 0.4) is 0 Å². The van der Waals surface area contributed by atoms with Gasteiger partial charge in [-0.15, -0.1) is 10.2 Å². The Balaban J connectivity index is 1.56. The van der Waals surface area contributed by atoms with Crippen molar-refractivity contribution in [1.29, 1.82) is 0 Å². The van der Waals surface area contributed by atoms with Crippen LogP contribution in [-0.4, -0.2) is 42.6 Å². The van der Waals surface area contributed by atoms with Gasteiger partial charge >= 0.3 is 0 Å². The number of nitrogens with one attached hydrogen (secondary N) is 1. The minimum Gasteiger partial charge on any atom is -0.353 e. The average Bonchev–Trinajstić information content (AvgIpc) is 2.98. The molecule has 1 heterocycles. The SMILES string of the molecule is CN(C)c1nnc(SCCCNC2CCCC2)s1. The number of thioether (sulfide) groups is 1. The summed E-state index contributed by atoms with van der Waals surface area (Å²) in [5, 5.41) is 12.9. The number of nitrogens with zero attached hydrogens (tertiary/aromatic N) is 3. The standard InChI is InChI=1S/C12H22N4S2/c1-16(2)11-14-15-12(18-11)17-9-5-8-13-10-6-3-4-7-10/h10,13H,3-9H2,1-2H3. The maximum absolute atomic E-state index is 4.18. The Morgan fingerprint density at radius 2 is 2.11 bits per heavy atom. The van der Waals surface area contributed by atoms with E-state index in [9.17, 15) is 0 Å². The smallest absolute Gasteiger partial charge is 0.208 e. The summed E-state index contributed by atoms with van der Waals surface area (Å²) in [7, 11) is 4.00. The molecule has 0 amide bonds. The van der Waals surface area contributed by atoms with E-state index in [-0.39, 0.29) is 0 Å². The molecule has 0 spiro atoms. The highest BCUT2D eigenvalue weighted by Crippen LogP contribution is 2.27. The van der Waals surface area contributed by atoms with Gasteiger partial charge < -0.3 is 10.2 Å². The summed E-state index contributed by atoms with van der Waals surface area (Å²) < 4.78 is 1.08. The van der Waals surface area contributed by atoms with Crippen molar-refractivity contribution < 1.29 is 0 Å². The fraction of sp³-hybridized carbons (Fsp3) is 0.833. The van der Waals surface area contributed by atoms with Crippen LogP contribution in [0.4, 0.5) is 5.13 Å². The summed E-state index contributed by atoms with van der Waals surface area (Å²) in [6.07, 6.45) is 6.76. The molecule has 1 N–H and O–H groups in total. The first kappa shape index (κ1) is 14.1. The maximum Gasteiger partial charge on any atom is 0.208 e. The molecule has 1 fully saturated rings. The second-order valence-corrected chi connectivity index (χ2v) is 7.18. The molecule has 0 radical (unpaired) electrons. The third-order valence-electron chi connectivity index (χ3n) is 3.11. The molecule has 0 atom stereocenters. The zero-order valence-electron chi connectivity index (χ0n) is 11.2. The quantitative estimate of drug-likeness (QED) is 0.616.